The van der Waals surface area contributed by atoms with Gasteiger partial charge in [0, 0.05) is 25.6 Å². The number of carbonyl (C=O) groups excluding carboxylic acids is 1. The lowest BCUT2D eigenvalue weighted by atomic mass is 9.90. The second kappa shape index (κ2) is 11.3. The molecule has 0 bridgehead atoms. The molecule has 186 valence electrons. The van der Waals surface area contributed by atoms with E-state index < -0.39 is 0 Å². The predicted molar refractivity (Wildman–Crippen MR) is 143 cm³/mol. The topological polar surface area (TPSA) is 64.3 Å². The van der Waals surface area contributed by atoms with Gasteiger partial charge in [0.1, 0.15) is 0 Å². The SMILES string of the molecule is Cc1ccc2nc(N3CCC(C(=O)NCCCN4CCC(Cc5ccccc5)CC4)CC3)[nH]c2c1. The second-order valence-electron chi connectivity index (χ2n) is 10.5. The van der Waals surface area contributed by atoms with E-state index in [1.165, 1.54) is 43.5 Å². The zero-order valence-corrected chi connectivity index (χ0v) is 21.0. The number of aromatic nitrogens is 2. The zero-order valence-electron chi connectivity index (χ0n) is 21.0. The van der Waals surface area contributed by atoms with Crippen LogP contribution in [0, 0.1) is 18.8 Å². The first-order valence-corrected chi connectivity index (χ1v) is 13.4. The van der Waals surface area contributed by atoms with E-state index in [1.54, 1.807) is 0 Å². The Morgan fingerprint density at radius 3 is 2.57 bits per heavy atom. The van der Waals surface area contributed by atoms with Crippen molar-refractivity contribution in [2.24, 2.45) is 11.8 Å². The molecule has 0 radical (unpaired) electrons. The Labute approximate surface area is 209 Å². The average molecular weight is 474 g/mol. The number of piperidine rings is 2. The highest BCUT2D eigenvalue weighted by Crippen LogP contribution is 2.25. The lowest BCUT2D eigenvalue weighted by molar-refractivity contribution is -0.125. The van der Waals surface area contributed by atoms with Crippen LogP contribution in [-0.4, -0.2) is 60.0 Å². The number of H-pyrrole nitrogens is 1. The highest BCUT2D eigenvalue weighted by Gasteiger charge is 2.26. The van der Waals surface area contributed by atoms with Gasteiger partial charge in [-0.1, -0.05) is 36.4 Å². The molecule has 2 N–H and O–H groups in total. The smallest absolute Gasteiger partial charge is 0.223 e. The van der Waals surface area contributed by atoms with Crippen molar-refractivity contribution in [2.75, 3.05) is 44.2 Å². The van der Waals surface area contributed by atoms with Crippen LogP contribution in [0.1, 0.15) is 43.2 Å². The van der Waals surface area contributed by atoms with E-state index in [0.29, 0.717) is 0 Å². The van der Waals surface area contributed by atoms with E-state index >= 15 is 0 Å². The molecule has 2 aliphatic rings. The van der Waals surface area contributed by atoms with Crippen LogP contribution >= 0.6 is 0 Å². The predicted octanol–water partition coefficient (Wildman–Crippen LogP) is 4.55. The van der Waals surface area contributed by atoms with Crippen LogP contribution in [0.25, 0.3) is 11.0 Å². The number of anilines is 1. The van der Waals surface area contributed by atoms with E-state index in [9.17, 15) is 4.79 Å². The Morgan fingerprint density at radius 2 is 1.80 bits per heavy atom. The lowest BCUT2D eigenvalue weighted by Gasteiger charge is -2.32. The van der Waals surface area contributed by atoms with Crippen molar-refractivity contribution in [1.29, 1.82) is 0 Å². The van der Waals surface area contributed by atoms with E-state index in [2.05, 4.69) is 75.6 Å². The molecule has 1 aromatic heterocycles. The molecule has 1 amide bonds. The molecule has 2 aliphatic heterocycles. The number of nitrogens with one attached hydrogen (secondary N) is 2. The molecule has 0 atom stereocenters. The van der Waals surface area contributed by atoms with Gasteiger partial charge in [-0.3, -0.25) is 4.79 Å². The first-order chi connectivity index (χ1) is 17.1. The number of likely N-dealkylation sites (tertiary alicyclic amines) is 1. The van der Waals surface area contributed by atoms with Gasteiger partial charge in [0.2, 0.25) is 11.9 Å². The number of aryl methyl sites for hydroxylation is 1. The normalized spacial score (nSPS) is 18.3. The van der Waals surface area contributed by atoms with Crippen molar-refractivity contribution >= 4 is 22.9 Å². The molecule has 3 aromatic rings. The summed E-state index contributed by atoms with van der Waals surface area (Å²) >= 11 is 0. The molecule has 2 aromatic carbocycles. The first kappa shape index (κ1) is 23.9. The molecule has 5 rings (SSSR count). The fourth-order valence-corrected chi connectivity index (χ4v) is 5.63. The number of hydrogen-bond donors (Lipinski definition) is 2. The van der Waals surface area contributed by atoms with Crippen molar-refractivity contribution < 1.29 is 4.79 Å². The van der Waals surface area contributed by atoms with Crippen molar-refractivity contribution in [2.45, 2.75) is 45.4 Å². The number of fused-ring (bicyclic) bond motifs is 1. The third kappa shape index (κ3) is 6.23. The van der Waals surface area contributed by atoms with E-state index in [1.807, 2.05) is 0 Å². The third-order valence-corrected chi connectivity index (χ3v) is 7.81. The summed E-state index contributed by atoms with van der Waals surface area (Å²) in [6.45, 7) is 8.08. The van der Waals surface area contributed by atoms with Gasteiger partial charge in [0.15, 0.2) is 0 Å². The van der Waals surface area contributed by atoms with Crippen LogP contribution in [0.3, 0.4) is 0 Å². The molecule has 2 saturated heterocycles. The van der Waals surface area contributed by atoms with Crippen LogP contribution in [0.15, 0.2) is 48.5 Å². The zero-order chi connectivity index (χ0) is 24.0. The molecule has 2 fully saturated rings. The fourth-order valence-electron chi connectivity index (χ4n) is 5.63. The molecule has 6 heteroatoms. The number of hydrogen-bond acceptors (Lipinski definition) is 4. The van der Waals surface area contributed by atoms with Crippen LogP contribution in [-0.2, 0) is 11.2 Å². The van der Waals surface area contributed by atoms with Crippen LogP contribution in [0.5, 0.6) is 0 Å². The van der Waals surface area contributed by atoms with E-state index in [0.717, 1.165) is 68.3 Å². The minimum atomic E-state index is 0.117. The Morgan fingerprint density at radius 1 is 1.03 bits per heavy atom. The summed E-state index contributed by atoms with van der Waals surface area (Å²) in [6, 6.07) is 17.2. The summed E-state index contributed by atoms with van der Waals surface area (Å²) in [5.74, 6) is 2.08. The maximum absolute atomic E-state index is 12.7. The van der Waals surface area contributed by atoms with Crippen molar-refractivity contribution in [3.63, 3.8) is 0 Å². The minimum absolute atomic E-state index is 0.117. The average Bonchev–Trinajstić information content (AvgIpc) is 3.31. The molecular weight excluding hydrogens is 434 g/mol. The molecule has 0 unspecified atom stereocenters. The largest absolute Gasteiger partial charge is 0.356 e. The number of amides is 1. The molecular formula is C29H39N5O. The van der Waals surface area contributed by atoms with E-state index in [4.69, 9.17) is 4.98 Å². The number of benzene rings is 2. The molecule has 3 heterocycles. The number of rotatable bonds is 8. The monoisotopic (exact) mass is 473 g/mol. The van der Waals surface area contributed by atoms with Crippen molar-refractivity contribution in [3.05, 3.63) is 59.7 Å². The number of aromatic amines is 1. The Hall–Kier alpha value is -2.86. The quantitative estimate of drug-likeness (QED) is 0.471. The Balaban J connectivity index is 0.973. The van der Waals surface area contributed by atoms with E-state index in [-0.39, 0.29) is 11.8 Å². The standard InChI is InChI=1S/C29H39N5O/c1-22-8-9-26-27(20-22)32-29(31-26)34-18-12-25(13-19-34)28(35)30-14-5-15-33-16-10-24(11-17-33)21-23-6-3-2-4-7-23/h2-4,6-9,20,24-25H,5,10-19,21H2,1H3,(H,30,35)(H,31,32). The highest BCUT2D eigenvalue weighted by atomic mass is 16.1. The molecule has 0 spiro atoms. The summed E-state index contributed by atoms with van der Waals surface area (Å²) in [5, 5.41) is 3.21. The minimum Gasteiger partial charge on any atom is -0.356 e. The summed E-state index contributed by atoms with van der Waals surface area (Å²) in [7, 11) is 0. The summed E-state index contributed by atoms with van der Waals surface area (Å²) in [4.78, 5) is 25.8. The maximum Gasteiger partial charge on any atom is 0.223 e. The molecule has 6 nitrogen and oxygen atoms in total. The lowest BCUT2D eigenvalue weighted by Crippen LogP contribution is -2.42. The Bertz CT molecular complexity index is 1090. The number of nitrogens with zero attached hydrogens (tertiary/aromatic N) is 3. The van der Waals surface area contributed by atoms with Gasteiger partial charge < -0.3 is 20.1 Å². The van der Waals surface area contributed by atoms with Gasteiger partial charge in [0.05, 0.1) is 11.0 Å². The highest BCUT2D eigenvalue weighted by molar-refractivity contribution is 5.80. The molecule has 0 saturated carbocycles. The summed E-state index contributed by atoms with van der Waals surface area (Å²) < 4.78 is 0. The van der Waals surface area contributed by atoms with Crippen LogP contribution in [0.2, 0.25) is 0 Å². The maximum atomic E-state index is 12.7. The number of carbonyl (C=O) groups is 1. The van der Waals surface area contributed by atoms with Gasteiger partial charge in [-0.05, 0) is 94.3 Å². The van der Waals surface area contributed by atoms with Gasteiger partial charge in [-0.2, -0.15) is 0 Å². The first-order valence-electron chi connectivity index (χ1n) is 13.4. The molecule has 0 aliphatic carbocycles. The van der Waals surface area contributed by atoms with Crippen LogP contribution in [0.4, 0.5) is 5.95 Å². The fraction of sp³-hybridized carbons (Fsp3) is 0.517. The van der Waals surface area contributed by atoms with Crippen molar-refractivity contribution in [1.82, 2.24) is 20.2 Å². The third-order valence-electron chi connectivity index (χ3n) is 7.81. The molecule has 35 heavy (non-hydrogen) atoms. The number of imidazole rings is 1. The van der Waals surface area contributed by atoms with Crippen LogP contribution < -0.4 is 10.2 Å². The second-order valence-corrected chi connectivity index (χ2v) is 10.5. The van der Waals surface area contributed by atoms with Crippen molar-refractivity contribution in [3.8, 4) is 0 Å². The van der Waals surface area contributed by atoms with Gasteiger partial charge in [-0.25, -0.2) is 4.98 Å². The summed E-state index contributed by atoms with van der Waals surface area (Å²) in [5.41, 5.74) is 4.79. The van der Waals surface area contributed by atoms with Gasteiger partial charge in [0.25, 0.3) is 0 Å². The van der Waals surface area contributed by atoms with Gasteiger partial charge >= 0.3 is 0 Å². The summed E-state index contributed by atoms with van der Waals surface area (Å²) in [6.07, 6.45) is 6.58. The van der Waals surface area contributed by atoms with Gasteiger partial charge in [-0.15, -0.1) is 0 Å². The Kier molecular flexibility index (Phi) is 7.67.